The molecule has 75 heavy (non-hydrogen) atoms. The van der Waals surface area contributed by atoms with Crippen LogP contribution in [0, 0.1) is 16.7 Å². The molecule has 2 unspecified atom stereocenters. The first kappa shape index (κ1) is 55.6. The maximum absolute atomic E-state index is 15.2. The summed E-state index contributed by atoms with van der Waals surface area (Å²) in [4.78, 5) is 59.3. The minimum absolute atomic E-state index is 0.0592. The number of nitrogens with one attached hydrogen (secondary N) is 2. The maximum atomic E-state index is 15.2. The van der Waals surface area contributed by atoms with Crippen molar-refractivity contribution in [3.63, 3.8) is 0 Å². The molecule has 0 bridgehead atoms. The molecule has 414 valence electrons. The summed E-state index contributed by atoms with van der Waals surface area (Å²) in [6.45, 7) is 24.1. The number of likely N-dealkylation sites (N-methyl/N-ethyl adjacent to an activating group) is 1. The summed E-state index contributed by atoms with van der Waals surface area (Å²) < 4.78 is 20.6. The van der Waals surface area contributed by atoms with Crippen molar-refractivity contribution in [1.82, 2.24) is 40.0 Å². The molecule has 0 aliphatic carbocycles. The van der Waals surface area contributed by atoms with Gasteiger partial charge in [0.25, 0.3) is 5.91 Å². The topological polar surface area (TPSA) is 160 Å². The zero-order valence-corrected chi connectivity index (χ0v) is 46.7. The number of hydrogen-bond donors (Lipinski definition) is 3. The fourth-order valence-electron chi connectivity index (χ4n) is 13.3. The molecule has 3 N–H and O–H groups in total. The second-order valence-corrected chi connectivity index (χ2v) is 23.9. The quantitative estimate of drug-likeness (QED) is 0.115. The van der Waals surface area contributed by atoms with Crippen molar-refractivity contribution in [2.45, 2.75) is 142 Å². The highest BCUT2D eigenvalue weighted by molar-refractivity contribution is 5.95. The van der Waals surface area contributed by atoms with Crippen LogP contribution in [0.15, 0.2) is 30.5 Å². The molecule has 9 rings (SSSR count). The second-order valence-electron chi connectivity index (χ2n) is 23.9. The number of aldehydes is 1. The molecule has 7 atom stereocenters. The number of ether oxygens (including phenoxy) is 3. The first-order valence-corrected chi connectivity index (χ1v) is 28.6. The van der Waals surface area contributed by atoms with E-state index in [9.17, 15) is 9.90 Å². The number of aliphatic hydroxyl groups is 1. The average molecular weight is 1040 g/mol. The zero-order chi connectivity index (χ0) is 53.0. The van der Waals surface area contributed by atoms with E-state index in [0.29, 0.717) is 58.8 Å². The highest BCUT2D eigenvalue weighted by atomic mass is 16.5. The molecule has 8 heterocycles. The molecule has 3 aromatic rings. The van der Waals surface area contributed by atoms with Crippen molar-refractivity contribution < 1.29 is 33.7 Å². The molecule has 1 aromatic carbocycles. The number of aryl methyl sites for hydroxylation is 1. The SMILES string of the molecule is CCn1c(-c2cc(N3CCN(C)CC3)cnc2[C@H](C)OC)c(CC(C)(C)CCC=O)c2cc(N(CCO)CC[C@H]([C@H](NC(=O)[C@@H]3C(C)C(C)OC[C@@H]4CCCCN43)C(=O)N3CCCCN3)N3CC4(COC4)C3)ccc21. The lowest BCUT2D eigenvalue weighted by molar-refractivity contribution is -0.202. The summed E-state index contributed by atoms with van der Waals surface area (Å²) in [5.74, 6) is -0.266. The van der Waals surface area contributed by atoms with Crippen molar-refractivity contribution in [1.29, 1.82) is 0 Å². The molecule has 1 spiro atoms. The van der Waals surface area contributed by atoms with E-state index < -0.39 is 12.1 Å². The van der Waals surface area contributed by atoms with Gasteiger partial charge in [-0.05, 0) is 115 Å². The largest absolute Gasteiger partial charge is 0.395 e. The van der Waals surface area contributed by atoms with Gasteiger partial charge in [0, 0.05) is 131 Å². The Bertz CT molecular complexity index is 2420. The van der Waals surface area contributed by atoms with Crippen molar-refractivity contribution >= 4 is 40.4 Å². The van der Waals surface area contributed by atoms with Crippen LogP contribution in [0.5, 0.6) is 0 Å². The number of aliphatic hydroxyl groups excluding tert-OH is 1. The van der Waals surface area contributed by atoms with Crippen molar-refractivity contribution in [3.8, 4) is 11.3 Å². The summed E-state index contributed by atoms with van der Waals surface area (Å²) in [5.41, 5.74) is 10.7. The number of carbonyl (C=O) groups is 3. The van der Waals surface area contributed by atoms with Crippen LogP contribution in [0.2, 0.25) is 0 Å². The smallest absolute Gasteiger partial charge is 0.260 e. The molecule has 17 nitrogen and oxygen atoms in total. The molecule has 6 fully saturated rings. The first-order valence-electron chi connectivity index (χ1n) is 28.6. The van der Waals surface area contributed by atoms with Gasteiger partial charge in [-0.2, -0.15) is 0 Å². The molecule has 2 amide bonds. The lowest BCUT2D eigenvalue weighted by Crippen LogP contribution is -2.73. The summed E-state index contributed by atoms with van der Waals surface area (Å²) in [6.07, 6.45) is 10.2. The molecule has 6 aliphatic heterocycles. The van der Waals surface area contributed by atoms with Gasteiger partial charge in [0.1, 0.15) is 12.3 Å². The Balaban J connectivity index is 1.10. The Labute approximate surface area is 446 Å². The zero-order valence-electron chi connectivity index (χ0n) is 46.7. The Hall–Kier alpha value is -4.20. The van der Waals surface area contributed by atoms with Gasteiger partial charge in [0.2, 0.25) is 5.91 Å². The number of hydrazine groups is 1. The highest BCUT2D eigenvalue weighted by Crippen LogP contribution is 2.44. The second kappa shape index (κ2) is 24.2. The number of carbonyl (C=O) groups excluding carboxylic acids is 3. The fourth-order valence-corrected chi connectivity index (χ4v) is 13.3. The first-order chi connectivity index (χ1) is 36.2. The third kappa shape index (κ3) is 12.0. The Kier molecular flexibility index (Phi) is 17.9. The van der Waals surface area contributed by atoms with Gasteiger partial charge < -0.3 is 48.7 Å². The number of piperidine rings is 1. The fraction of sp³-hybridized carbons (Fsp3) is 0.724. The molecule has 17 heteroatoms. The van der Waals surface area contributed by atoms with Crippen LogP contribution >= 0.6 is 0 Å². The third-order valence-electron chi connectivity index (χ3n) is 18.0. The van der Waals surface area contributed by atoms with Crippen LogP contribution in [0.3, 0.4) is 0 Å². The number of likely N-dealkylation sites (tertiary alicyclic amines) is 1. The van der Waals surface area contributed by atoms with Gasteiger partial charge in [-0.3, -0.25) is 29.4 Å². The summed E-state index contributed by atoms with van der Waals surface area (Å²) in [6, 6.07) is 7.65. The van der Waals surface area contributed by atoms with Gasteiger partial charge >= 0.3 is 0 Å². The van der Waals surface area contributed by atoms with E-state index in [-0.39, 0.29) is 59.5 Å². The molecule has 6 aliphatic rings. The van der Waals surface area contributed by atoms with Gasteiger partial charge in [-0.1, -0.05) is 27.2 Å². The molecule has 6 saturated heterocycles. The summed E-state index contributed by atoms with van der Waals surface area (Å²) >= 11 is 0. The Morgan fingerprint density at radius 1 is 1.05 bits per heavy atom. The molecule has 0 saturated carbocycles. The van der Waals surface area contributed by atoms with E-state index in [1.807, 2.05) is 6.20 Å². The van der Waals surface area contributed by atoms with Gasteiger partial charge in [0.05, 0.1) is 67.9 Å². The normalized spacial score (nSPS) is 25.0. The van der Waals surface area contributed by atoms with E-state index in [0.717, 1.165) is 143 Å². The molecular weight excluding hydrogens is 949 g/mol. The number of anilines is 2. The number of piperazine rings is 1. The third-order valence-corrected chi connectivity index (χ3v) is 18.0. The van der Waals surface area contributed by atoms with E-state index in [2.05, 4.69) is 113 Å². The average Bonchev–Trinajstić information content (AvgIpc) is 3.64. The van der Waals surface area contributed by atoms with Gasteiger partial charge in [0.15, 0.2) is 0 Å². The number of amides is 2. The van der Waals surface area contributed by atoms with Crippen LogP contribution < -0.4 is 20.5 Å². The summed E-state index contributed by atoms with van der Waals surface area (Å²) in [5, 5.41) is 17.2. The van der Waals surface area contributed by atoms with Crippen LogP contribution in [0.25, 0.3) is 22.2 Å². The lowest BCUT2D eigenvalue weighted by atomic mass is 9.76. The predicted molar refractivity (Wildman–Crippen MR) is 295 cm³/mol. The number of aromatic nitrogens is 2. The number of rotatable bonds is 21. The summed E-state index contributed by atoms with van der Waals surface area (Å²) in [7, 11) is 3.92. The number of methoxy groups -OCH3 is 1. The Morgan fingerprint density at radius 2 is 1.83 bits per heavy atom. The number of fused-ring (bicyclic) bond motifs is 2. The molecular formula is C58H90N10O7. The number of benzene rings is 1. The number of hydrogen-bond acceptors (Lipinski definition) is 14. The Morgan fingerprint density at radius 3 is 2.51 bits per heavy atom. The van der Waals surface area contributed by atoms with Gasteiger partial charge in [-0.25, -0.2) is 5.43 Å². The van der Waals surface area contributed by atoms with Crippen molar-refractivity contribution in [2.24, 2.45) is 16.7 Å². The van der Waals surface area contributed by atoms with E-state index in [1.54, 1.807) is 12.1 Å². The van der Waals surface area contributed by atoms with Crippen LogP contribution in [0.4, 0.5) is 11.4 Å². The maximum Gasteiger partial charge on any atom is 0.260 e. The van der Waals surface area contributed by atoms with Crippen molar-refractivity contribution in [2.75, 3.05) is 122 Å². The monoisotopic (exact) mass is 1040 g/mol. The minimum Gasteiger partial charge on any atom is -0.395 e. The van der Waals surface area contributed by atoms with Crippen LogP contribution in [-0.4, -0.2) is 195 Å². The lowest BCUT2D eigenvalue weighted by Gasteiger charge is -2.58. The predicted octanol–water partition coefficient (Wildman–Crippen LogP) is 5.51. The molecule has 2 aromatic heterocycles. The molecule has 0 radical (unpaired) electrons. The number of nitrogens with zero attached hydrogens (tertiary/aromatic N) is 8. The van der Waals surface area contributed by atoms with E-state index in [1.165, 1.54) is 5.56 Å². The standard InChI is InChI=1S/C58H90N10O7/c1-9-66-49-17-16-43(31-46(49)48(33-57(5,6)19-14-29-69)54(66)47-32-45(34-59-51(47)42(4)73-8)64-26-24-62(7)25-27-64)63(28-30-70)23-18-50(65-36-58(37-65)38-74-39-58)52(56(72)68-22-13-11-20-60-68)61-55(71)53-40(2)41(3)75-35-44-15-10-12-21-67(44)53/h16-17,29,31-32,34,40-42,44,50,52-53,60,70H,9-15,18-28,30,33,35-39H2,1-8H3,(H,61,71)/t40?,41?,42-,44-,50+,52-,53-/m0/s1. The van der Waals surface area contributed by atoms with Gasteiger partial charge in [-0.15, -0.1) is 0 Å². The number of pyridine rings is 1. The minimum atomic E-state index is -0.810. The van der Waals surface area contributed by atoms with Crippen LogP contribution in [0.1, 0.15) is 110 Å². The van der Waals surface area contributed by atoms with Crippen molar-refractivity contribution in [3.05, 3.63) is 41.7 Å². The highest BCUT2D eigenvalue weighted by Gasteiger charge is 2.54. The van der Waals surface area contributed by atoms with Crippen LogP contribution in [-0.2, 0) is 41.6 Å². The van der Waals surface area contributed by atoms with E-state index >= 15 is 9.59 Å². The van der Waals surface area contributed by atoms with E-state index in [4.69, 9.17) is 19.2 Å².